The van der Waals surface area contributed by atoms with E-state index in [1.54, 1.807) is 11.8 Å². The van der Waals surface area contributed by atoms with Crippen molar-refractivity contribution in [1.29, 1.82) is 0 Å². The van der Waals surface area contributed by atoms with Crippen LogP contribution in [0, 0.1) is 13.8 Å². The van der Waals surface area contributed by atoms with Crippen LogP contribution in [0.5, 0.6) is 0 Å². The minimum Gasteiger partial charge on any atom is -0.374 e. The molecule has 1 amide bonds. The van der Waals surface area contributed by atoms with Crippen LogP contribution in [-0.4, -0.2) is 51.4 Å². The van der Waals surface area contributed by atoms with Gasteiger partial charge in [0.2, 0.25) is 5.91 Å². The summed E-state index contributed by atoms with van der Waals surface area (Å²) in [5.74, 6) is 0.719. The largest absolute Gasteiger partial charge is 0.374 e. The van der Waals surface area contributed by atoms with Gasteiger partial charge in [-0.15, -0.1) is 0 Å². The van der Waals surface area contributed by atoms with E-state index < -0.39 is 0 Å². The van der Waals surface area contributed by atoms with Crippen molar-refractivity contribution in [3.05, 3.63) is 11.4 Å². The lowest BCUT2D eigenvalue weighted by Gasteiger charge is -2.43. The van der Waals surface area contributed by atoms with Gasteiger partial charge in [-0.3, -0.25) is 4.79 Å². The average Bonchev–Trinajstić information content (AvgIpc) is 2.91. The number of carbonyl (C=O) groups excluding carboxylic acids is 1. The van der Waals surface area contributed by atoms with E-state index in [2.05, 4.69) is 30.2 Å². The molecule has 0 bridgehead atoms. The molecule has 0 spiro atoms. The quantitative estimate of drug-likeness (QED) is 0.723. The number of imidazole rings is 1. The lowest BCUT2D eigenvalue weighted by molar-refractivity contribution is -0.146. The maximum absolute atomic E-state index is 12.9. The summed E-state index contributed by atoms with van der Waals surface area (Å²) in [6.07, 6.45) is 7.19. The number of rotatable bonds is 6. The number of nitrogens with zero attached hydrogens (tertiary/aromatic N) is 3. The molecule has 5 nitrogen and oxygen atoms in total. The highest BCUT2D eigenvalue weighted by Gasteiger charge is 2.36. The predicted molar refractivity (Wildman–Crippen MR) is 101 cm³/mol. The van der Waals surface area contributed by atoms with Crippen molar-refractivity contribution in [2.24, 2.45) is 0 Å². The Kier molecular flexibility index (Phi) is 6.44. The minimum atomic E-state index is 0.241. The number of aromatic nitrogens is 2. The normalized spacial score (nSPS) is 23.6. The molecule has 1 aliphatic heterocycles. The van der Waals surface area contributed by atoms with E-state index in [4.69, 9.17) is 9.72 Å². The van der Waals surface area contributed by atoms with Crippen LogP contribution < -0.4 is 0 Å². The van der Waals surface area contributed by atoms with Gasteiger partial charge in [-0.25, -0.2) is 4.98 Å². The predicted octanol–water partition coefficient (Wildman–Crippen LogP) is 3.56. The van der Waals surface area contributed by atoms with Crippen molar-refractivity contribution >= 4 is 17.7 Å². The van der Waals surface area contributed by atoms with E-state index in [-0.39, 0.29) is 12.0 Å². The van der Waals surface area contributed by atoms with Gasteiger partial charge >= 0.3 is 0 Å². The highest BCUT2D eigenvalue weighted by atomic mass is 32.2. The van der Waals surface area contributed by atoms with Crippen LogP contribution in [0.2, 0.25) is 0 Å². The zero-order valence-electron chi connectivity index (χ0n) is 15.8. The molecule has 2 aliphatic rings. The van der Waals surface area contributed by atoms with Gasteiger partial charge in [-0.2, -0.15) is 0 Å². The van der Waals surface area contributed by atoms with Gasteiger partial charge in [0.15, 0.2) is 5.16 Å². The Morgan fingerprint density at radius 3 is 2.92 bits per heavy atom. The Bertz CT molecular complexity index is 600. The maximum atomic E-state index is 12.9. The summed E-state index contributed by atoms with van der Waals surface area (Å²) in [6, 6.07) is 0.291. The summed E-state index contributed by atoms with van der Waals surface area (Å²) >= 11 is 1.59. The molecule has 1 aromatic rings. The van der Waals surface area contributed by atoms with Crippen molar-refractivity contribution in [2.75, 3.05) is 18.9 Å². The standard InChI is InChI=1S/C19H31N3O2S/c1-4-5-10-21-15(3)14(2)20-19(21)25-13-18(23)22-11-12-24-17-9-7-6-8-16(17)22/h16-17H,4-13H2,1-3H3. The zero-order valence-corrected chi connectivity index (χ0v) is 16.6. The number of carbonyl (C=O) groups is 1. The Morgan fingerprint density at radius 2 is 2.12 bits per heavy atom. The fourth-order valence-electron chi connectivity index (χ4n) is 3.93. The smallest absolute Gasteiger partial charge is 0.233 e. The minimum absolute atomic E-state index is 0.241. The third-order valence-corrected chi connectivity index (χ3v) is 6.50. The molecule has 2 fully saturated rings. The number of hydrogen-bond acceptors (Lipinski definition) is 4. The van der Waals surface area contributed by atoms with Crippen LogP contribution >= 0.6 is 11.8 Å². The van der Waals surface area contributed by atoms with Crippen molar-refractivity contribution < 1.29 is 9.53 Å². The second-order valence-electron chi connectivity index (χ2n) is 7.21. The van der Waals surface area contributed by atoms with Gasteiger partial charge in [-0.05, 0) is 33.1 Å². The van der Waals surface area contributed by atoms with E-state index in [1.165, 1.54) is 18.5 Å². The lowest BCUT2D eigenvalue weighted by atomic mass is 9.90. The Hall–Kier alpha value is -1.01. The summed E-state index contributed by atoms with van der Waals surface area (Å²) in [6.45, 7) is 8.79. The highest BCUT2D eigenvalue weighted by Crippen LogP contribution is 2.29. The number of fused-ring (bicyclic) bond motifs is 1. The molecule has 2 unspecified atom stereocenters. The van der Waals surface area contributed by atoms with E-state index in [1.807, 2.05) is 0 Å². The number of unbranched alkanes of at least 4 members (excludes halogenated alkanes) is 1. The summed E-state index contributed by atoms with van der Waals surface area (Å²) in [4.78, 5) is 19.6. The van der Waals surface area contributed by atoms with E-state index in [9.17, 15) is 4.79 Å². The molecule has 6 heteroatoms. The molecule has 3 rings (SSSR count). The molecular weight excluding hydrogens is 334 g/mol. The van der Waals surface area contributed by atoms with Gasteiger partial charge in [0.1, 0.15) is 0 Å². The Balaban J connectivity index is 1.63. The Morgan fingerprint density at radius 1 is 1.32 bits per heavy atom. The number of hydrogen-bond donors (Lipinski definition) is 0. The second kappa shape index (κ2) is 8.58. The van der Waals surface area contributed by atoms with Crippen molar-refractivity contribution in [3.63, 3.8) is 0 Å². The Labute approximate surface area is 155 Å². The number of amides is 1. The molecule has 0 radical (unpaired) electrons. The molecule has 0 aromatic carbocycles. The average molecular weight is 366 g/mol. The first-order chi connectivity index (χ1) is 12.1. The van der Waals surface area contributed by atoms with Gasteiger partial charge in [0.25, 0.3) is 0 Å². The highest BCUT2D eigenvalue weighted by molar-refractivity contribution is 7.99. The van der Waals surface area contributed by atoms with Crippen molar-refractivity contribution in [1.82, 2.24) is 14.5 Å². The van der Waals surface area contributed by atoms with Gasteiger partial charge in [-0.1, -0.05) is 37.9 Å². The van der Waals surface area contributed by atoms with E-state index >= 15 is 0 Å². The summed E-state index contributed by atoms with van der Waals surface area (Å²) < 4.78 is 8.17. The second-order valence-corrected chi connectivity index (χ2v) is 8.15. The van der Waals surface area contributed by atoms with Crippen LogP contribution in [0.1, 0.15) is 56.8 Å². The SMILES string of the molecule is CCCCn1c(SCC(=O)N2CCOC3CCCCC32)nc(C)c1C. The number of morpholine rings is 1. The topological polar surface area (TPSA) is 47.4 Å². The van der Waals surface area contributed by atoms with Crippen LogP contribution in [-0.2, 0) is 16.1 Å². The van der Waals surface area contributed by atoms with E-state index in [0.717, 1.165) is 49.6 Å². The molecule has 2 atom stereocenters. The maximum Gasteiger partial charge on any atom is 0.233 e. The van der Waals surface area contributed by atoms with Crippen LogP contribution in [0.25, 0.3) is 0 Å². The number of aryl methyl sites for hydroxylation is 1. The molecule has 0 N–H and O–H groups in total. The third kappa shape index (κ3) is 4.22. The number of ether oxygens (including phenoxy) is 1. The van der Waals surface area contributed by atoms with Crippen molar-refractivity contribution in [3.8, 4) is 0 Å². The van der Waals surface area contributed by atoms with Crippen LogP contribution in [0.4, 0.5) is 0 Å². The van der Waals surface area contributed by atoms with Crippen molar-refractivity contribution in [2.45, 2.75) is 83.1 Å². The van der Waals surface area contributed by atoms with Gasteiger partial charge < -0.3 is 14.2 Å². The molecule has 1 aliphatic carbocycles. The summed E-state index contributed by atoms with van der Waals surface area (Å²) in [5.41, 5.74) is 2.30. The van der Waals surface area contributed by atoms with Crippen LogP contribution in [0.15, 0.2) is 5.16 Å². The molecule has 2 heterocycles. The molecule has 1 saturated carbocycles. The fraction of sp³-hybridized carbons (Fsp3) is 0.789. The van der Waals surface area contributed by atoms with Gasteiger partial charge in [0.05, 0.1) is 30.2 Å². The molecular formula is C19H31N3O2S. The van der Waals surface area contributed by atoms with Gasteiger partial charge in [0, 0.05) is 18.8 Å². The summed E-state index contributed by atoms with van der Waals surface area (Å²) in [7, 11) is 0. The van der Waals surface area contributed by atoms with E-state index in [0.29, 0.717) is 18.4 Å². The third-order valence-electron chi connectivity index (χ3n) is 5.54. The number of thioether (sulfide) groups is 1. The first-order valence-corrected chi connectivity index (χ1v) is 10.7. The van der Waals surface area contributed by atoms with Crippen LogP contribution in [0.3, 0.4) is 0 Å². The monoisotopic (exact) mass is 365 g/mol. The fourth-order valence-corrected chi connectivity index (χ4v) is 4.93. The lowest BCUT2D eigenvalue weighted by Crippen LogP contribution is -2.55. The molecule has 1 aromatic heterocycles. The zero-order chi connectivity index (χ0) is 17.8. The first kappa shape index (κ1) is 18.8. The molecule has 1 saturated heterocycles. The molecule has 140 valence electrons. The first-order valence-electron chi connectivity index (χ1n) is 9.69. The molecule has 25 heavy (non-hydrogen) atoms. The summed E-state index contributed by atoms with van der Waals surface area (Å²) in [5, 5.41) is 0.991.